The minimum atomic E-state index is -1.44. The number of ether oxygens (including phenoxy) is 1. The Morgan fingerprint density at radius 3 is 2.81 bits per heavy atom. The predicted octanol–water partition coefficient (Wildman–Crippen LogP) is 1.58. The Balaban J connectivity index is 1.92. The Morgan fingerprint density at radius 1 is 1.37 bits per heavy atom. The molecule has 1 aromatic carbocycles. The number of methoxy groups -OCH3 is 1. The third-order valence-corrected chi connectivity index (χ3v) is 4.75. The average molecular weight is 366 g/mol. The number of aliphatic hydroxyl groups excluding tert-OH is 1. The summed E-state index contributed by atoms with van der Waals surface area (Å²) in [7, 11) is 3.07. The summed E-state index contributed by atoms with van der Waals surface area (Å²) in [4.78, 5) is 17.9. The van der Waals surface area contributed by atoms with Gasteiger partial charge < -0.3 is 14.9 Å². The summed E-state index contributed by atoms with van der Waals surface area (Å²) in [5.74, 6) is 5.26. The lowest BCUT2D eigenvalue weighted by Crippen LogP contribution is -2.42. The van der Waals surface area contributed by atoms with E-state index in [4.69, 9.17) is 4.74 Å². The fourth-order valence-electron chi connectivity index (χ4n) is 3.02. The van der Waals surface area contributed by atoms with Crippen molar-refractivity contribution in [3.63, 3.8) is 0 Å². The second-order valence-electron chi connectivity index (χ2n) is 6.71. The van der Waals surface area contributed by atoms with Gasteiger partial charge in [0.15, 0.2) is 11.3 Å². The molecule has 3 rings (SSSR count). The van der Waals surface area contributed by atoms with Gasteiger partial charge in [0.25, 0.3) is 0 Å². The fraction of sp³-hybridized carbons (Fsp3) is 0.333. The zero-order valence-corrected chi connectivity index (χ0v) is 15.6. The summed E-state index contributed by atoms with van der Waals surface area (Å²) >= 11 is 0. The first-order chi connectivity index (χ1) is 12.8. The number of rotatable bonds is 2. The Bertz CT molecular complexity index is 931. The molecule has 1 aliphatic rings. The highest BCUT2D eigenvalue weighted by molar-refractivity contribution is 5.89. The van der Waals surface area contributed by atoms with Crippen molar-refractivity contribution in [2.45, 2.75) is 25.2 Å². The van der Waals surface area contributed by atoms with Crippen LogP contribution in [0.4, 0.5) is 0 Å². The number of esters is 1. The molecule has 2 N–H and O–H groups in total. The third-order valence-electron chi connectivity index (χ3n) is 4.75. The number of aryl methyl sites for hydroxylation is 1. The van der Waals surface area contributed by atoms with Crippen LogP contribution in [0.25, 0.3) is 11.3 Å². The number of likely N-dealkylation sites (tertiary alicyclic amines) is 1. The maximum absolute atomic E-state index is 11.9. The highest BCUT2D eigenvalue weighted by Crippen LogP contribution is 2.25. The second kappa shape index (κ2) is 7.49. The number of pyridine rings is 1. The van der Waals surface area contributed by atoms with Crippen molar-refractivity contribution in [1.82, 2.24) is 9.88 Å². The van der Waals surface area contributed by atoms with Gasteiger partial charge in [-0.3, -0.25) is 4.90 Å². The van der Waals surface area contributed by atoms with E-state index in [1.165, 1.54) is 7.11 Å². The van der Waals surface area contributed by atoms with Crippen molar-refractivity contribution in [1.29, 1.82) is 0 Å². The number of likely N-dealkylation sites (N-methyl/N-ethyl adjacent to an activating group) is 1. The van der Waals surface area contributed by atoms with E-state index in [2.05, 4.69) is 16.8 Å². The molecule has 2 atom stereocenters. The van der Waals surface area contributed by atoms with E-state index in [1.54, 1.807) is 18.9 Å². The second-order valence-corrected chi connectivity index (χ2v) is 6.71. The van der Waals surface area contributed by atoms with Gasteiger partial charge in [0.1, 0.15) is 6.23 Å². The van der Waals surface area contributed by atoms with Gasteiger partial charge in [-0.15, -0.1) is 0 Å². The number of hydrogen-bond acceptors (Lipinski definition) is 6. The maximum atomic E-state index is 11.9. The van der Waals surface area contributed by atoms with Crippen molar-refractivity contribution >= 4 is 5.97 Å². The standard InChI is InChI=1S/C21H22N2O4/c1-14-7-8-17(22-18(14)19(24)27-3)16-6-4-5-15(13-16)9-10-21(26)11-12-23(2)20(21)25/h4-8,13,20,25-26H,11-12H2,1-3H3/t20?,21-/m0/s1. The summed E-state index contributed by atoms with van der Waals surface area (Å²) < 4.78 is 4.78. The van der Waals surface area contributed by atoms with Crippen molar-refractivity contribution in [2.75, 3.05) is 20.7 Å². The Hall–Kier alpha value is -2.72. The highest BCUT2D eigenvalue weighted by atomic mass is 16.5. The van der Waals surface area contributed by atoms with E-state index in [0.717, 1.165) is 11.1 Å². The smallest absolute Gasteiger partial charge is 0.356 e. The quantitative estimate of drug-likeness (QED) is 0.620. The Morgan fingerprint density at radius 2 is 2.15 bits per heavy atom. The van der Waals surface area contributed by atoms with E-state index >= 15 is 0 Å². The molecule has 1 aliphatic heterocycles. The normalized spacial score (nSPS) is 22.2. The maximum Gasteiger partial charge on any atom is 0.356 e. The molecule has 1 aromatic heterocycles. The van der Waals surface area contributed by atoms with Gasteiger partial charge in [-0.05, 0) is 37.7 Å². The van der Waals surface area contributed by atoms with Crippen LogP contribution in [0.5, 0.6) is 0 Å². The van der Waals surface area contributed by atoms with E-state index in [-0.39, 0.29) is 5.69 Å². The third kappa shape index (κ3) is 3.86. The van der Waals surface area contributed by atoms with Gasteiger partial charge in [-0.1, -0.05) is 30.0 Å². The summed E-state index contributed by atoms with van der Waals surface area (Å²) in [6.45, 7) is 2.38. The van der Waals surface area contributed by atoms with Crippen molar-refractivity contribution in [2.24, 2.45) is 0 Å². The van der Waals surface area contributed by atoms with Gasteiger partial charge in [0, 0.05) is 24.1 Å². The van der Waals surface area contributed by atoms with Gasteiger partial charge in [0.05, 0.1) is 12.8 Å². The summed E-state index contributed by atoms with van der Waals surface area (Å²) in [6.07, 6.45) is -0.617. The topological polar surface area (TPSA) is 82.9 Å². The molecular weight excluding hydrogens is 344 g/mol. The molecule has 6 heteroatoms. The van der Waals surface area contributed by atoms with Crippen LogP contribution in [-0.2, 0) is 4.74 Å². The molecule has 1 saturated heterocycles. The molecule has 0 aliphatic carbocycles. The van der Waals surface area contributed by atoms with Crippen LogP contribution in [0.3, 0.4) is 0 Å². The zero-order chi connectivity index (χ0) is 19.6. The monoisotopic (exact) mass is 366 g/mol. The lowest BCUT2D eigenvalue weighted by molar-refractivity contribution is -0.0633. The van der Waals surface area contributed by atoms with Gasteiger partial charge >= 0.3 is 5.97 Å². The SMILES string of the molecule is COC(=O)c1nc(-c2cccc(C#C[C@]3(O)CCN(C)C3O)c2)ccc1C. The molecule has 0 amide bonds. The number of carbonyl (C=O) groups is 1. The van der Waals surface area contributed by atoms with Crippen LogP contribution in [0, 0.1) is 18.8 Å². The molecule has 6 nitrogen and oxygen atoms in total. The number of nitrogens with zero attached hydrogens (tertiary/aromatic N) is 2. The molecular formula is C21H22N2O4. The van der Waals surface area contributed by atoms with Crippen LogP contribution >= 0.6 is 0 Å². The highest BCUT2D eigenvalue weighted by Gasteiger charge is 2.42. The van der Waals surface area contributed by atoms with Gasteiger partial charge in [-0.2, -0.15) is 0 Å². The average Bonchev–Trinajstić information content (AvgIpc) is 2.94. The summed E-state index contributed by atoms with van der Waals surface area (Å²) in [5, 5.41) is 20.6. The lowest BCUT2D eigenvalue weighted by atomic mass is 10.0. The number of aliphatic hydroxyl groups is 2. The van der Waals surface area contributed by atoms with E-state index < -0.39 is 17.8 Å². The molecule has 0 saturated carbocycles. The van der Waals surface area contributed by atoms with Crippen molar-refractivity contribution in [3.8, 4) is 23.1 Å². The van der Waals surface area contributed by atoms with E-state index in [1.807, 2.05) is 36.4 Å². The molecule has 27 heavy (non-hydrogen) atoms. The van der Waals surface area contributed by atoms with Crippen LogP contribution in [0.15, 0.2) is 36.4 Å². The first-order valence-corrected chi connectivity index (χ1v) is 8.64. The number of carbonyl (C=O) groups excluding carboxylic acids is 1. The minimum absolute atomic E-state index is 0.276. The molecule has 140 valence electrons. The zero-order valence-electron chi connectivity index (χ0n) is 15.6. The fourth-order valence-corrected chi connectivity index (χ4v) is 3.02. The van der Waals surface area contributed by atoms with Crippen LogP contribution in [-0.4, -0.2) is 58.6 Å². The molecule has 2 aromatic rings. The van der Waals surface area contributed by atoms with Crippen molar-refractivity contribution in [3.05, 3.63) is 53.2 Å². The molecule has 0 spiro atoms. The van der Waals surface area contributed by atoms with Gasteiger partial charge in [-0.25, -0.2) is 9.78 Å². The van der Waals surface area contributed by atoms with Gasteiger partial charge in [0.2, 0.25) is 0 Å². The van der Waals surface area contributed by atoms with Crippen LogP contribution in [0.1, 0.15) is 28.0 Å². The molecule has 1 fully saturated rings. The molecule has 0 radical (unpaired) electrons. The molecule has 0 bridgehead atoms. The van der Waals surface area contributed by atoms with Crippen molar-refractivity contribution < 1.29 is 19.7 Å². The van der Waals surface area contributed by atoms with E-state index in [9.17, 15) is 15.0 Å². The van der Waals surface area contributed by atoms with Crippen LogP contribution in [0.2, 0.25) is 0 Å². The Labute approximate surface area is 158 Å². The first-order valence-electron chi connectivity index (χ1n) is 8.64. The summed E-state index contributed by atoms with van der Waals surface area (Å²) in [5.41, 5.74) is 1.68. The predicted molar refractivity (Wildman–Crippen MR) is 101 cm³/mol. The number of benzene rings is 1. The Kier molecular flexibility index (Phi) is 5.29. The number of hydrogen-bond donors (Lipinski definition) is 2. The first kappa shape index (κ1) is 19.1. The summed E-state index contributed by atoms with van der Waals surface area (Å²) in [6, 6.07) is 11.0. The lowest BCUT2D eigenvalue weighted by Gasteiger charge is -2.22. The largest absolute Gasteiger partial charge is 0.464 e. The van der Waals surface area contributed by atoms with E-state index in [0.29, 0.717) is 24.2 Å². The number of aromatic nitrogens is 1. The molecule has 2 heterocycles. The minimum Gasteiger partial charge on any atom is -0.464 e. The van der Waals surface area contributed by atoms with Crippen LogP contribution < -0.4 is 0 Å². The molecule has 1 unspecified atom stereocenters.